The number of oxazole rings is 1. The van der Waals surface area contributed by atoms with E-state index < -0.39 is 0 Å². The van der Waals surface area contributed by atoms with Crippen LogP contribution in [0.1, 0.15) is 12.8 Å². The van der Waals surface area contributed by atoms with E-state index in [9.17, 15) is 0 Å². The number of hydrogen-bond acceptors (Lipinski definition) is 5. The number of halogens is 1. The van der Waals surface area contributed by atoms with Gasteiger partial charge in [-0.15, -0.1) is 10.2 Å². The van der Waals surface area contributed by atoms with Crippen molar-refractivity contribution in [3.8, 4) is 22.7 Å². The van der Waals surface area contributed by atoms with Gasteiger partial charge in [-0.25, -0.2) is 4.98 Å². The number of nitrogens with zero attached hydrogens (tertiary/aromatic N) is 4. The summed E-state index contributed by atoms with van der Waals surface area (Å²) in [6.07, 6.45) is 1.76. The van der Waals surface area contributed by atoms with Crippen molar-refractivity contribution in [1.29, 1.82) is 0 Å². The van der Waals surface area contributed by atoms with Gasteiger partial charge in [0.25, 0.3) is 0 Å². The van der Waals surface area contributed by atoms with E-state index in [-0.39, 0.29) is 0 Å². The van der Waals surface area contributed by atoms with Crippen molar-refractivity contribution in [3.63, 3.8) is 0 Å². The van der Waals surface area contributed by atoms with E-state index in [0.717, 1.165) is 34.4 Å². The quantitative estimate of drug-likeness (QED) is 0.399. The lowest BCUT2D eigenvalue weighted by molar-refractivity contribution is 0.529. The van der Waals surface area contributed by atoms with Crippen LogP contribution < -0.4 is 0 Å². The van der Waals surface area contributed by atoms with Crippen molar-refractivity contribution < 1.29 is 4.42 Å². The van der Waals surface area contributed by atoms with Crippen LogP contribution in [0.5, 0.6) is 0 Å². The molecule has 0 amide bonds. The molecule has 136 valence electrons. The minimum atomic E-state index is 0.589. The second-order valence-electron chi connectivity index (χ2n) is 5.83. The third-order valence-electron chi connectivity index (χ3n) is 4.07. The van der Waals surface area contributed by atoms with Crippen LogP contribution in [0.4, 0.5) is 0 Å². The fraction of sp³-hybridized carbons (Fsp3) is 0.150. The molecule has 7 heteroatoms. The second-order valence-corrected chi connectivity index (χ2v) is 7.21. The number of rotatable bonds is 6. The number of benzene rings is 2. The fourth-order valence-corrected chi connectivity index (χ4v) is 3.71. The molecule has 0 bridgehead atoms. The van der Waals surface area contributed by atoms with Crippen LogP contribution in [-0.4, -0.2) is 19.7 Å². The molecular weight excluding hydrogens is 380 g/mol. The Hall–Kier alpha value is -2.57. The molecule has 2 aromatic carbocycles. The molecule has 2 aromatic heterocycles. The lowest BCUT2D eigenvalue weighted by atomic mass is 10.2. The smallest absolute Gasteiger partial charge is 0.205 e. The minimum absolute atomic E-state index is 0.589. The SMILES string of the molecule is CCn1c(SCc2ncc(-c3ccccc3)o2)nnc1-c1ccc(Cl)cc1. The molecule has 27 heavy (non-hydrogen) atoms. The van der Waals surface area contributed by atoms with Crippen LogP contribution in [0, 0.1) is 0 Å². The van der Waals surface area contributed by atoms with Crippen LogP contribution in [0.15, 0.2) is 70.4 Å². The first-order valence-corrected chi connectivity index (χ1v) is 9.93. The summed E-state index contributed by atoms with van der Waals surface area (Å²) in [6.45, 7) is 2.85. The van der Waals surface area contributed by atoms with Gasteiger partial charge in [0.2, 0.25) is 5.89 Å². The van der Waals surface area contributed by atoms with E-state index in [0.29, 0.717) is 16.7 Å². The van der Waals surface area contributed by atoms with Gasteiger partial charge in [-0.3, -0.25) is 0 Å². The highest BCUT2D eigenvalue weighted by Crippen LogP contribution is 2.28. The minimum Gasteiger partial charge on any atom is -0.440 e. The van der Waals surface area contributed by atoms with Crippen molar-refractivity contribution >= 4 is 23.4 Å². The summed E-state index contributed by atoms with van der Waals surface area (Å²) in [5.41, 5.74) is 2.01. The van der Waals surface area contributed by atoms with Gasteiger partial charge in [0.15, 0.2) is 16.7 Å². The maximum Gasteiger partial charge on any atom is 0.205 e. The Labute approximate surface area is 166 Å². The van der Waals surface area contributed by atoms with Crippen molar-refractivity contribution in [2.45, 2.75) is 24.4 Å². The highest BCUT2D eigenvalue weighted by molar-refractivity contribution is 7.98. The molecule has 0 N–H and O–H groups in total. The first-order chi connectivity index (χ1) is 13.2. The number of hydrogen-bond donors (Lipinski definition) is 0. The van der Waals surface area contributed by atoms with Gasteiger partial charge >= 0.3 is 0 Å². The third-order valence-corrected chi connectivity index (χ3v) is 5.28. The van der Waals surface area contributed by atoms with Gasteiger partial charge in [0, 0.05) is 22.7 Å². The average molecular weight is 397 g/mol. The van der Waals surface area contributed by atoms with Crippen molar-refractivity contribution in [1.82, 2.24) is 19.7 Å². The first-order valence-electron chi connectivity index (χ1n) is 8.56. The zero-order valence-corrected chi connectivity index (χ0v) is 16.2. The normalized spacial score (nSPS) is 11.0. The Bertz CT molecular complexity index is 1030. The van der Waals surface area contributed by atoms with Crippen molar-refractivity contribution in [2.75, 3.05) is 0 Å². The van der Waals surface area contributed by atoms with Crippen molar-refractivity contribution in [2.24, 2.45) is 0 Å². The molecule has 4 rings (SSSR count). The molecule has 0 saturated carbocycles. The standard InChI is InChI=1S/C20H17ClN4OS/c1-2-25-19(15-8-10-16(21)11-9-15)23-24-20(25)27-13-18-22-12-17(26-18)14-6-4-3-5-7-14/h3-12H,2,13H2,1H3. The van der Waals surface area contributed by atoms with Crippen LogP contribution in [0.25, 0.3) is 22.7 Å². The predicted octanol–water partition coefficient (Wildman–Crippen LogP) is 5.57. The molecule has 0 atom stereocenters. The Morgan fingerprint density at radius 2 is 1.78 bits per heavy atom. The van der Waals surface area contributed by atoms with Gasteiger partial charge in [-0.05, 0) is 31.2 Å². The zero-order chi connectivity index (χ0) is 18.6. The molecule has 0 spiro atoms. The molecule has 5 nitrogen and oxygen atoms in total. The van der Waals surface area contributed by atoms with Gasteiger partial charge in [0.1, 0.15) is 0 Å². The monoisotopic (exact) mass is 396 g/mol. The third kappa shape index (κ3) is 3.91. The molecule has 0 radical (unpaired) electrons. The summed E-state index contributed by atoms with van der Waals surface area (Å²) >= 11 is 7.54. The lowest BCUT2D eigenvalue weighted by Crippen LogP contribution is -1.99. The lowest BCUT2D eigenvalue weighted by Gasteiger charge is -2.06. The van der Waals surface area contributed by atoms with Gasteiger partial charge in [0.05, 0.1) is 11.9 Å². The molecule has 0 aliphatic heterocycles. The number of aromatic nitrogens is 4. The van der Waals surface area contributed by atoms with Gasteiger partial charge in [-0.1, -0.05) is 53.7 Å². The van der Waals surface area contributed by atoms with Crippen LogP contribution in [-0.2, 0) is 12.3 Å². The Morgan fingerprint density at radius 3 is 2.52 bits per heavy atom. The Balaban J connectivity index is 1.50. The van der Waals surface area contributed by atoms with E-state index >= 15 is 0 Å². The van der Waals surface area contributed by atoms with E-state index in [1.165, 1.54) is 0 Å². The summed E-state index contributed by atoms with van der Waals surface area (Å²) in [4.78, 5) is 4.38. The van der Waals surface area contributed by atoms with Crippen LogP contribution in [0.3, 0.4) is 0 Å². The summed E-state index contributed by atoms with van der Waals surface area (Å²) < 4.78 is 7.94. The maximum atomic E-state index is 5.98. The average Bonchev–Trinajstić information content (AvgIpc) is 3.34. The molecule has 0 unspecified atom stereocenters. The molecule has 0 aliphatic rings. The highest BCUT2D eigenvalue weighted by atomic mass is 35.5. The number of thioether (sulfide) groups is 1. The topological polar surface area (TPSA) is 56.7 Å². The fourth-order valence-electron chi connectivity index (χ4n) is 2.73. The largest absolute Gasteiger partial charge is 0.440 e. The Morgan fingerprint density at radius 1 is 1.00 bits per heavy atom. The van der Waals surface area contributed by atoms with E-state index in [4.69, 9.17) is 16.0 Å². The van der Waals surface area contributed by atoms with Gasteiger partial charge < -0.3 is 8.98 Å². The maximum absolute atomic E-state index is 5.98. The van der Waals surface area contributed by atoms with Crippen LogP contribution in [0.2, 0.25) is 5.02 Å². The summed E-state index contributed by atoms with van der Waals surface area (Å²) in [5, 5.41) is 10.2. The molecule has 0 saturated heterocycles. The van der Waals surface area contributed by atoms with E-state index in [2.05, 4.69) is 26.7 Å². The molecule has 0 aliphatic carbocycles. The Kier molecular flexibility index (Phi) is 5.27. The summed E-state index contributed by atoms with van der Waals surface area (Å²) in [7, 11) is 0. The highest BCUT2D eigenvalue weighted by Gasteiger charge is 2.15. The van der Waals surface area contributed by atoms with E-state index in [1.807, 2.05) is 54.6 Å². The van der Waals surface area contributed by atoms with Crippen LogP contribution >= 0.6 is 23.4 Å². The summed E-state index contributed by atoms with van der Waals surface area (Å²) in [6, 6.07) is 17.6. The zero-order valence-electron chi connectivity index (χ0n) is 14.7. The second kappa shape index (κ2) is 7.98. The summed E-state index contributed by atoms with van der Waals surface area (Å²) in [5.74, 6) is 2.85. The first kappa shape index (κ1) is 17.8. The van der Waals surface area contributed by atoms with E-state index in [1.54, 1.807) is 18.0 Å². The molecule has 0 fully saturated rings. The molecular formula is C20H17ClN4OS. The van der Waals surface area contributed by atoms with Crippen molar-refractivity contribution in [3.05, 3.63) is 71.7 Å². The predicted molar refractivity (Wildman–Crippen MR) is 108 cm³/mol. The van der Waals surface area contributed by atoms with Gasteiger partial charge in [-0.2, -0.15) is 0 Å². The molecule has 4 aromatic rings. The molecule has 2 heterocycles.